The topological polar surface area (TPSA) is 84.8 Å². The Morgan fingerprint density at radius 2 is 0.660 bits per heavy atom. The molecule has 0 heterocycles. The molecular formula is C39H52O8. The molecule has 8 heteroatoms. The van der Waals surface area contributed by atoms with Gasteiger partial charge < -0.3 is 38.3 Å². The number of aliphatic hydroxyl groups is 1. The first-order valence-electron chi connectivity index (χ1n) is 16.0. The Labute approximate surface area is 281 Å². The van der Waals surface area contributed by atoms with Crippen molar-refractivity contribution >= 4 is 16.7 Å². The zero-order valence-electron chi connectivity index (χ0n) is 28.2. The predicted octanol–water partition coefficient (Wildman–Crippen LogP) is 7.26. The molecule has 0 saturated carbocycles. The molecule has 0 atom stereocenters. The van der Waals surface area contributed by atoms with Crippen LogP contribution in [0.15, 0.2) is 110 Å². The Kier molecular flexibility index (Phi) is 22.7. The van der Waals surface area contributed by atoms with Crippen molar-refractivity contribution in [3.8, 4) is 0 Å². The monoisotopic (exact) mass is 648 g/mol. The van der Waals surface area contributed by atoms with Crippen molar-refractivity contribution in [1.82, 2.24) is 0 Å². The fraction of sp³-hybridized carbons (Fsp3) is 0.385. The third-order valence-corrected chi connectivity index (χ3v) is 6.48. The minimum absolute atomic E-state index is 0.0483. The van der Waals surface area contributed by atoms with Gasteiger partial charge in [0.15, 0.2) is 0 Å². The lowest BCUT2D eigenvalue weighted by atomic mass is 10.1. The molecule has 3 rings (SSSR count). The molecule has 3 aromatic rings. The number of hydrogen-bond acceptors (Lipinski definition) is 8. The number of ether oxygens (including phenoxy) is 7. The van der Waals surface area contributed by atoms with E-state index < -0.39 is 0 Å². The van der Waals surface area contributed by atoms with Crippen LogP contribution in [0.25, 0.3) is 16.7 Å². The zero-order valence-corrected chi connectivity index (χ0v) is 28.2. The van der Waals surface area contributed by atoms with Crippen LogP contribution in [0.2, 0.25) is 0 Å². The molecular weight excluding hydrogens is 596 g/mol. The largest absolute Gasteiger partial charge is 0.498 e. The predicted molar refractivity (Wildman–Crippen MR) is 188 cm³/mol. The van der Waals surface area contributed by atoms with Gasteiger partial charge in [-0.1, -0.05) is 91.0 Å². The maximum Gasteiger partial charge on any atom is 0.111 e. The SMILES string of the molecule is C/C(=C\OCCOCCOCCO)c1ccccc1.C/C(=C\OCCOCCOCCO/C=C(\C)c1ccccc1)c1ccccc1. The standard InChI is InChI=1S/C24H30O4.C15H22O4/c1-21(23-9-5-3-6-10-23)19-27-17-15-25-13-14-26-16-18-28-20-22(2)24-11-7-4-8-12-24;1-14(15-5-3-2-4-6-15)13-19-12-11-18-10-9-17-8-7-16/h3-12,19-20H,13-18H2,1-2H3;2-6,13,16H,7-12H2,1H3/b21-19+,22-20+;14-13+. The lowest BCUT2D eigenvalue weighted by Gasteiger charge is -2.07. The molecule has 0 fully saturated rings. The van der Waals surface area contributed by atoms with E-state index >= 15 is 0 Å². The van der Waals surface area contributed by atoms with Crippen LogP contribution in [0.1, 0.15) is 37.5 Å². The second-order valence-corrected chi connectivity index (χ2v) is 10.3. The zero-order chi connectivity index (χ0) is 33.6. The number of aliphatic hydroxyl groups excluding tert-OH is 1. The molecule has 0 unspecified atom stereocenters. The number of hydrogen-bond donors (Lipinski definition) is 1. The third-order valence-electron chi connectivity index (χ3n) is 6.48. The van der Waals surface area contributed by atoms with Crippen molar-refractivity contribution < 1.29 is 38.3 Å². The average molecular weight is 649 g/mol. The van der Waals surface area contributed by atoms with E-state index in [9.17, 15) is 0 Å². The first-order valence-corrected chi connectivity index (χ1v) is 16.0. The smallest absolute Gasteiger partial charge is 0.111 e. The van der Waals surface area contributed by atoms with Crippen molar-refractivity contribution in [3.05, 3.63) is 126 Å². The van der Waals surface area contributed by atoms with E-state index in [4.69, 9.17) is 38.3 Å². The van der Waals surface area contributed by atoms with Crippen LogP contribution in [-0.2, 0) is 33.2 Å². The van der Waals surface area contributed by atoms with Crippen molar-refractivity contribution in [2.24, 2.45) is 0 Å². The minimum atomic E-state index is 0.0483. The first kappa shape index (κ1) is 39.3. The Hall–Kier alpha value is -3.92. The molecule has 0 aliphatic heterocycles. The summed E-state index contributed by atoms with van der Waals surface area (Å²) in [5.74, 6) is 0. The van der Waals surface area contributed by atoms with Gasteiger partial charge in [0.2, 0.25) is 0 Å². The lowest BCUT2D eigenvalue weighted by Crippen LogP contribution is -2.10. The fourth-order valence-corrected chi connectivity index (χ4v) is 3.89. The summed E-state index contributed by atoms with van der Waals surface area (Å²) < 4.78 is 37.8. The summed E-state index contributed by atoms with van der Waals surface area (Å²) >= 11 is 0. The van der Waals surface area contributed by atoms with Crippen LogP contribution in [0.3, 0.4) is 0 Å². The quantitative estimate of drug-likeness (QED) is 0.0850. The molecule has 8 nitrogen and oxygen atoms in total. The molecule has 3 aromatic carbocycles. The summed E-state index contributed by atoms with van der Waals surface area (Å²) in [5.41, 5.74) is 6.76. The van der Waals surface area contributed by atoms with Gasteiger partial charge in [0, 0.05) is 0 Å². The highest BCUT2D eigenvalue weighted by atomic mass is 16.6. The summed E-state index contributed by atoms with van der Waals surface area (Å²) in [7, 11) is 0. The molecule has 0 amide bonds. The van der Waals surface area contributed by atoms with Crippen molar-refractivity contribution in [1.29, 1.82) is 0 Å². The summed E-state index contributed by atoms with van der Waals surface area (Å²) in [6.07, 6.45) is 5.30. The number of benzene rings is 3. The molecule has 0 saturated heterocycles. The Morgan fingerprint density at radius 3 is 0.936 bits per heavy atom. The van der Waals surface area contributed by atoms with Gasteiger partial charge in [0.05, 0.1) is 78.2 Å². The van der Waals surface area contributed by atoms with Gasteiger partial charge in [0.1, 0.15) is 19.8 Å². The molecule has 47 heavy (non-hydrogen) atoms. The summed E-state index contributed by atoms with van der Waals surface area (Å²) in [4.78, 5) is 0. The van der Waals surface area contributed by atoms with E-state index in [-0.39, 0.29) is 6.61 Å². The van der Waals surface area contributed by atoms with Gasteiger partial charge in [-0.2, -0.15) is 0 Å². The second-order valence-electron chi connectivity index (χ2n) is 10.3. The molecule has 256 valence electrons. The maximum atomic E-state index is 8.49. The van der Waals surface area contributed by atoms with Crippen LogP contribution < -0.4 is 0 Å². The van der Waals surface area contributed by atoms with E-state index in [0.29, 0.717) is 72.7 Å². The van der Waals surface area contributed by atoms with Gasteiger partial charge in [-0.25, -0.2) is 0 Å². The van der Waals surface area contributed by atoms with E-state index in [0.717, 1.165) is 33.4 Å². The van der Waals surface area contributed by atoms with Gasteiger partial charge in [-0.3, -0.25) is 0 Å². The maximum absolute atomic E-state index is 8.49. The van der Waals surface area contributed by atoms with Crippen LogP contribution in [0.4, 0.5) is 0 Å². The van der Waals surface area contributed by atoms with E-state index in [1.807, 2.05) is 87.5 Å². The summed E-state index contributed by atoms with van der Waals surface area (Å²) in [6, 6.07) is 30.4. The number of rotatable bonds is 23. The van der Waals surface area contributed by atoms with Gasteiger partial charge in [-0.05, 0) is 54.2 Å². The first-order chi connectivity index (χ1) is 23.1. The minimum Gasteiger partial charge on any atom is -0.498 e. The third kappa shape index (κ3) is 20.0. The average Bonchev–Trinajstić information content (AvgIpc) is 3.12. The molecule has 0 aromatic heterocycles. The summed E-state index contributed by atoms with van der Waals surface area (Å²) in [6.45, 7) is 11.8. The van der Waals surface area contributed by atoms with E-state index in [1.54, 1.807) is 18.8 Å². The van der Waals surface area contributed by atoms with E-state index in [1.165, 1.54) is 0 Å². The van der Waals surface area contributed by atoms with E-state index in [2.05, 4.69) is 24.3 Å². The lowest BCUT2D eigenvalue weighted by molar-refractivity contribution is 0.0187. The molecule has 1 N–H and O–H groups in total. The van der Waals surface area contributed by atoms with Gasteiger partial charge >= 0.3 is 0 Å². The van der Waals surface area contributed by atoms with Crippen LogP contribution >= 0.6 is 0 Å². The van der Waals surface area contributed by atoms with Gasteiger partial charge in [-0.15, -0.1) is 0 Å². The van der Waals surface area contributed by atoms with Crippen LogP contribution in [-0.4, -0.2) is 84.4 Å². The van der Waals surface area contributed by atoms with Crippen LogP contribution in [0.5, 0.6) is 0 Å². The van der Waals surface area contributed by atoms with Crippen molar-refractivity contribution in [2.75, 3.05) is 79.3 Å². The molecule has 0 spiro atoms. The van der Waals surface area contributed by atoms with Crippen molar-refractivity contribution in [3.63, 3.8) is 0 Å². The second kappa shape index (κ2) is 27.2. The highest BCUT2D eigenvalue weighted by Gasteiger charge is 1.97. The van der Waals surface area contributed by atoms with Crippen molar-refractivity contribution in [2.45, 2.75) is 20.8 Å². The highest BCUT2D eigenvalue weighted by Crippen LogP contribution is 2.14. The molecule has 0 aliphatic carbocycles. The summed E-state index contributed by atoms with van der Waals surface area (Å²) in [5, 5.41) is 8.49. The molecule has 0 radical (unpaired) electrons. The van der Waals surface area contributed by atoms with Gasteiger partial charge in [0.25, 0.3) is 0 Å². The number of allylic oxidation sites excluding steroid dienone is 3. The fourth-order valence-electron chi connectivity index (χ4n) is 3.89. The Bertz CT molecular complexity index is 1180. The highest BCUT2D eigenvalue weighted by molar-refractivity contribution is 5.63. The van der Waals surface area contributed by atoms with Crippen LogP contribution in [0, 0.1) is 0 Å². The Balaban J connectivity index is 0.000000353. The normalized spacial score (nSPS) is 11.9. The molecule has 0 aliphatic rings. The Morgan fingerprint density at radius 1 is 0.404 bits per heavy atom. The molecule has 0 bridgehead atoms.